The molecule has 0 bridgehead atoms. The lowest BCUT2D eigenvalue weighted by Gasteiger charge is -2.05. The molecule has 0 unspecified atom stereocenters. The number of hydrogen-bond acceptors (Lipinski definition) is 2. The zero-order valence-electron chi connectivity index (χ0n) is 6.67. The van der Waals surface area contributed by atoms with Crippen molar-refractivity contribution in [2.75, 3.05) is 5.32 Å². The molecule has 2 nitrogen and oxygen atoms in total. The summed E-state index contributed by atoms with van der Waals surface area (Å²) in [7, 11) is 0. The molecule has 2 heteroatoms. The maximum absolute atomic E-state index is 4.06. The van der Waals surface area contributed by atoms with E-state index in [0.717, 1.165) is 6.04 Å². The molecule has 1 aromatic heterocycles. The molecule has 1 N–H and O–H groups in total. The number of rotatable bonds is 2. The van der Waals surface area contributed by atoms with Crippen LogP contribution in [0.4, 0.5) is 5.69 Å². The molecule has 0 aliphatic heterocycles. The van der Waals surface area contributed by atoms with Crippen LogP contribution in [0.15, 0.2) is 18.5 Å². The molecule has 1 aliphatic rings. The molecule has 11 heavy (non-hydrogen) atoms. The summed E-state index contributed by atoms with van der Waals surface area (Å²) in [6.45, 7) is 2.10. The lowest BCUT2D eigenvalue weighted by Crippen LogP contribution is -2.02. The summed E-state index contributed by atoms with van der Waals surface area (Å²) >= 11 is 0. The smallest absolute Gasteiger partial charge is 0.0558 e. The first kappa shape index (κ1) is 6.65. The molecular formula is C9H12N2. The Morgan fingerprint density at radius 1 is 1.55 bits per heavy atom. The second kappa shape index (κ2) is 2.53. The average Bonchev–Trinajstić information content (AvgIpc) is 2.78. The molecule has 0 atom stereocenters. The van der Waals surface area contributed by atoms with Gasteiger partial charge >= 0.3 is 0 Å². The van der Waals surface area contributed by atoms with E-state index in [2.05, 4.69) is 17.2 Å². The van der Waals surface area contributed by atoms with Gasteiger partial charge in [-0.2, -0.15) is 0 Å². The topological polar surface area (TPSA) is 24.9 Å². The van der Waals surface area contributed by atoms with Gasteiger partial charge in [-0.1, -0.05) is 0 Å². The van der Waals surface area contributed by atoms with Crippen LogP contribution in [-0.2, 0) is 0 Å². The Morgan fingerprint density at radius 2 is 2.36 bits per heavy atom. The van der Waals surface area contributed by atoms with Gasteiger partial charge in [0.2, 0.25) is 0 Å². The number of pyridine rings is 1. The Balaban J connectivity index is 2.15. The van der Waals surface area contributed by atoms with Gasteiger partial charge in [0.25, 0.3) is 0 Å². The van der Waals surface area contributed by atoms with E-state index < -0.39 is 0 Å². The van der Waals surface area contributed by atoms with Gasteiger partial charge in [0, 0.05) is 12.2 Å². The zero-order chi connectivity index (χ0) is 7.68. The highest BCUT2D eigenvalue weighted by Crippen LogP contribution is 2.25. The van der Waals surface area contributed by atoms with E-state index in [1.165, 1.54) is 24.1 Å². The molecule has 0 amide bonds. The standard InChI is InChI=1S/C9H12N2/c1-7-4-5-10-6-9(7)11-8-2-3-8/h4-6,8,11H,2-3H2,1H3. The van der Waals surface area contributed by atoms with Crippen molar-refractivity contribution in [2.45, 2.75) is 25.8 Å². The van der Waals surface area contributed by atoms with Crippen LogP contribution in [0.25, 0.3) is 0 Å². The molecule has 1 aliphatic carbocycles. The van der Waals surface area contributed by atoms with Crippen LogP contribution in [0.1, 0.15) is 18.4 Å². The number of hydrogen-bond donors (Lipinski definition) is 1. The summed E-state index contributed by atoms with van der Waals surface area (Å²) < 4.78 is 0. The summed E-state index contributed by atoms with van der Waals surface area (Å²) in [5, 5.41) is 3.42. The maximum Gasteiger partial charge on any atom is 0.0558 e. The van der Waals surface area contributed by atoms with Crippen LogP contribution in [-0.4, -0.2) is 11.0 Å². The minimum absolute atomic E-state index is 0.720. The van der Waals surface area contributed by atoms with Crippen molar-refractivity contribution < 1.29 is 0 Å². The lowest BCUT2D eigenvalue weighted by atomic mass is 10.2. The van der Waals surface area contributed by atoms with Gasteiger partial charge in [-0.05, 0) is 31.4 Å². The third kappa shape index (κ3) is 1.50. The SMILES string of the molecule is Cc1ccncc1NC1CC1. The molecule has 0 saturated heterocycles. The quantitative estimate of drug-likeness (QED) is 0.693. The van der Waals surface area contributed by atoms with Crippen LogP contribution >= 0.6 is 0 Å². The van der Waals surface area contributed by atoms with E-state index in [9.17, 15) is 0 Å². The van der Waals surface area contributed by atoms with Crippen LogP contribution in [0, 0.1) is 6.92 Å². The van der Waals surface area contributed by atoms with Gasteiger partial charge in [-0.15, -0.1) is 0 Å². The van der Waals surface area contributed by atoms with Gasteiger partial charge < -0.3 is 5.32 Å². The fraction of sp³-hybridized carbons (Fsp3) is 0.444. The van der Waals surface area contributed by atoms with E-state index in [1.54, 1.807) is 0 Å². The Hall–Kier alpha value is -1.05. The summed E-state index contributed by atoms with van der Waals surface area (Å²) in [6.07, 6.45) is 6.35. The van der Waals surface area contributed by atoms with E-state index in [-0.39, 0.29) is 0 Å². The summed E-state index contributed by atoms with van der Waals surface area (Å²) in [6, 6.07) is 2.75. The Labute approximate surface area is 66.7 Å². The second-order valence-electron chi connectivity index (χ2n) is 3.11. The molecular weight excluding hydrogens is 136 g/mol. The first-order chi connectivity index (χ1) is 5.36. The third-order valence-electron chi connectivity index (χ3n) is 1.98. The highest BCUT2D eigenvalue weighted by molar-refractivity contribution is 5.49. The minimum Gasteiger partial charge on any atom is -0.381 e. The number of aromatic nitrogens is 1. The van der Waals surface area contributed by atoms with Crippen LogP contribution in [0.5, 0.6) is 0 Å². The fourth-order valence-corrected chi connectivity index (χ4v) is 1.06. The van der Waals surface area contributed by atoms with Gasteiger partial charge in [0.05, 0.1) is 11.9 Å². The first-order valence-electron chi connectivity index (χ1n) is 4.03. The van der Waals surface area contributed by atoms with Crippen molar-refractivity contribution in [1.29, 1.82) is 0 Å². The molecule has 1 aromatic rings. The highest BCUT2D eigenvalue weighted by atomic mass is 15.0. The largest absolute Gasteiger partial charge is 0.381 e. The van der Waals surface area contributed by atoms with E-state index in [1.807, 2.05) is 18.5 Å². The zero-order valence-corrected chi connectivity index (χ0v) is 6.67. The number of nitrogens with zero attached hydrogens (tertiary/aromatic N) is 1. The molecule has 1 fully saturated rings. The monoisotopic (exact) mass is 148 g/mol. The molecule has 2 rings (SSSR count). The van der Waals surface area contributed by atoms with E-state index in [0.29, 0.717) is 0 Å². The number of nitrogens with one attached hydrogen (secondary N) is 1. The van der Waals surface area contributed by atoms with Gasteiger partial charge in [-0.3, -0.25) is 4.98 Å². The van der Waals surface area contributed by atoms with Crippen LogP contribution < -0.4 is 5.32 Å². The second-order valence-corrected chi connectivity index (χ2v) is 3.11. The van der Waals surface area contributed by atoms with Gasteiger partial charge in [-0.25, -0.2) is 0 Å². The molecule has 0 aromatic carbocycles. The molecule has 58 valence electrons. The number of anilines is 1. The molecule has 1 heterocycles. The van der Waals surface area contributed by atoms with Crippen molar-refractivity contribution in [1.82, 2.24) is 4.98 Å². The lowest BCUT2D eigenvalue weighted by molar-refractivity contribution is 1.13. The van der Waals surface area contributed by atoms with Crippen molar-refractivity contribution in [3.63, 3.8) is 0 Å². The summed E-state index contributed by atoms with van der Waals surface area (Å²) in [4.78, 5) is 4.06. The van der Waals surface area contributed by atoms with Crippen LogP contribution in [0.3, 0.4) is 0 Å². The van der Waals surface area contributed by atoms with E-state index >= 15 is 0 Å². The predicted octanol–water partition coefficient (Wildman–Crippen LogP) is 1.96. The van der Waals surface area contributed by atoms with Crippen molar-refractivity contribution in [3.8, 4) is 0 Å². The van der Waals surface area contributed by atoms with Gasteiger partial charge in [0.15, 0.2) is 0 Å². The highest BCUT2D eigenvalue weighted by Gasteiger charge is 2.21. The van der Waals surface area contributed by atoms with Crippen molar-refractivity contribution in [3.05, 3.63) is 24.0 Å². The average molecular weight is 148 g/mol. The maximum atomic E-state index is 4.06. The van der Waals surface area contributed by atoms with Crippen LogP contribution in [0.2, 0.25) is 0 Å². The summed E-state index contributed by atoms with van der Waals surface area (Å²) in [5.41, 5.74) is 2.47. The van der Waals surface area contributed by atoms with E-state index in [4.69, 9.17) is 0 Å². The van der Waals surface area contributed by atoms with Gasteiger partial charge in [0.1, 0.15) is 0 Å². The normalized spacial score (nSPS) is 16.5. The predicted molar refractivity (Wildman–Crippen MR) is 45.6 cm³/mol. The van der Waals surface area contributed by atoms with Crippen molar-refractivity contribution >= 4 is 5.69 Å². The summed E-state index contributed by atoms with van der Waals surface area (Å²) in [5.74, 6) is 0. The molecule has 1 saturated carbocycles. The van der Waals surface area contributed by atoms with Crippen molar-refractivity contribution in [2.24, 2.45) is 0 Å². The molecule has 0 radical (unpaired) electrons. The minimum atomic E-state index is 0.720. The Bertz CT molecular complexity index is 253. The first-order valence-corrected chi connectivity index (χ1v) is 4.03. The fourth-order valence-electron chi connectivity index (χ4n) is 1.06. The Morgan fingerprint density at radius 3 is 3.00 bits per heavy atom. The Kier molecular flexibility index (Phi) is 1.53. The molecule has 0 spiro atoms. The number of aryl methyl sites for hydroxylation is 1. The third-order valence-corrected chi connectivity index (χ3v) is 1.98.